The van der Waals surface area contributed by atoms with Crippen molar-refractivity contribution in [2.24, 2.45) is 4.99 Å². The zero-order valence-corrected chi connectivity index (χ0v) is 13.3. The predicted molar refractivity (Wildman–Crippen MR) is 86.1 cm³/mol. The first-order valence-corrected chi connectivity index (χ1v) is 7.02. The van der Waals surface area contributed by atoms with Gasteiger partial charge in [-0.25, -0.2) is 0 Å². The maximum absolute atomic E-state index is 11.8. The minimum absolute atomic E-state index is 0.106. The second-order valence-electron chi connectivity index (χ2n) is 4.47. The fourth-order valence-electron chi connectivity index (χ4n) is 1.66. The van der Waals surface area contributed by atoms with Crippen LogP contribution in [-0.4, -0.2) is 52.8 Å². The van der Waals surface area contributed by atoms with Gasteiger partial charge in [-0.15, -0.1) is 0 Å². The van der Waals surface area contributed by atoms with Crippen LogP contribution in [0.1, 0.15) is 5.56 Å². The molecule has 0 aromatic heterocycles. The number of nitrogens with zero attached hydrogens (tertiary/aromatic N) is 1. The molecule has 1 rings (SSSR count). The number of rotatable bonds is 8. The number of methoxy groups -OCH3 is 2. The summed E-state index contributed by atoms with van der Waals surface area (Å²) in [6, 6.07) is 7.55. The highest BCUT2D eigenvalue weighted by atomic mass is 16.5. The Hall–Kier alpha value is -2.28. The Kier molecular flexibility index (Phi) is 8.44. The van der Waals surface area contributed by atoms with Crippen LogP contribution in [0, 0.1) is 0 Å². The van der Waals surface area contributed by atoms with Crippen LogP contribution in [-0.2, 0) is 16.1 Å². The predicted octanol–water partition coefficient (Wildman–Crippen LogP) is 0.123. The summed E-state index contributed by atoms with van der Waals surface area (Å²) in [5, 5.41) is 8.80. The van der Waals surface area contributed by atoms with Crippen LogP contribution in [0.15, 0.2) is 29.3 Å². The molecule has 0 atom stereocenters. The number of hydrogen-bond acceptors (Lipinski definition) is 4. The molecule has 3 N–H and O–H groups in total. The van der Waals surface area contributed by atoms with Gasteiger partial charge in [-0.3, -0.25) is 9.79 Å². The topological polar surface area (TPSA) is 84.0 Å². The van der Waals surface area contributed by atoms with Crippen molar-refractivity contribution in [1.82, 2.24) is 16.0 Å². The fourth-order valence-corrected chi connectivity index (χ4v) is 1.66. The zero-order chi connectivity index (χ0) is 16.2. The summed E-state index contributed by atoms with van der Waals surface area (Å²) in [7, 11) is 4.90. The number of guanidine groups is 1. The molecule has 0 unspecified atom stereocenters. The molecule has 0 aliphatic heterocycles. The summed E-state index contributed by atoms with van der Waals surface area (Å²) < 4.78 is 10.0. The summed E-state index contributed by atoms with van der Waals surface area (Å²) in [6.07, 6.45) is 0. The SMILES string of the molecule is CN=C(NCCOC)NCC(=O)NCc1ccc(OC)cc1. The number of nitrogens with one attached hydrogen (secondary N) is 3. The van der Waals surface area contributed by atoms with E-state index in [0.29, 0.717) is 25.7 Å². The molecule has 0 spiro atoms. The van der Waals surface area contributed by atoms with Gasteiger partial charge in [-0.05, 0) is 17.7 Å². The normalized spacial score (nSPS) is 11.0. The Labute approximate surface area is 131 Å². The third-order valence-electron chi connectivity index (χ3n) is 2.89. The molecule has 0 radical (unpaired) electrons. The van der Waals surface area contributed by atoms with Crippen LogP contribution in [0.3, 0.4) is 0 Å². The van der Waals surface area contributed by atoms with E-state index in [-0.39, 0.29) is 12.5 Å². The van der Waals surface area contributed by atoms with Crippen LogP contribution in [0.25, 0.3) is 0 Å². The van der Waals surface area contributed by atoms with E-state index in [4.69, 9.17) is 9.47 Å². The standard InChI is InChI=1S/C15H24N4O3/c1-16-15(17-8-9-21-2)19-11-14(20)18-10-12-4-6-13(22-3)7-5-12/h4-7H,8-11H2,1-3H3,(H,18,20)(H2,16,17,19). The highest BCUT2D eigenvalue weighted by molar-refractivity contribution is 5.86. The van der Waals surface area contributed by atoms with Gasteiger partial charge in [0.2, 0.25) is 5.91 Å². The van der Waals surface area contributed by atoms with Crippen molar-refractivity contribution in [3.05, 3.63) is 29.8 Å². The van der Waals surface area contributed by atoms with E-state index in [2.05, 4.69) is 20.9 Å². The van der Waals surface area contributed by atoms with E-state index in [1.165, 1.54) is 0 Å². The fraction of sp³-hybridized carbons (Fsp3) is 0.467. The average Bonchev–Trinajstić information content (AvgIpc) is 2.56. The number of aliphatic imine (C=N–C) groups is 1. The number of carbonyl (C=O) groups is 1. The highest BCUT2D eigenvalue weighted by Crippen LogP contribution is 2.10. The lowest BCUT2D eigenvalue weighted by atomic mass is 10.2. The summed E-state index contributed by atoms with van der Waals surface area (Å²) in [5.41, 5.74) is 1.01. The Bertz CT molecular complexity index is 474. The lowest BCUT2D eigenvalue weighted by molar-refractivity contribution is -0.120. The summed E-state index contributed by atoms with van der Waals surface area (Å²) in [6.45, 7) is 1.83. The first-order chi connectivity index (χ1) is 10.7. The van der Waals surface area contributed by atoms with Gasteiger partial charge in [0.1, 0.15) is 5.75 Å². The van der Waals surface area contributed by atoms with Crippen molar-refractivity contribution < 1.29 is 14.3 Å². The molecule has 7 heteroatoms. The van der Waals surface area contributed by atoms with Crippen LogP contribution >= 0.6 is 0 Å². The molecule has 7 nitrogen and oxygen atoms in total. The van der Waals surface area contributed by atoms with E-state index >= 15 is 0 Å². The van der Waals surface area contributed by atoms with Gasteiger partial charge in [0, 0.05) is 27.2 Å². The summed E-state index contributed by atoms with van der Waals surface area (Å²) in [5.74, 6) is 1.25. The van der Waals surface area contributed by atoms with E-state index < -0.39 is 0 Å². The molecule has 0 heterocycles. The largest absolute Gasteiger partial charge is 0.497 e. The molecule has 1 aromatic carbocycles. The molecule has 1 amide bonds. The number of carbonyl (C=O) groups excluding carboxylic acids is 1. The molecular weight excluding hydrogens is 284 g/mol. The molecule has 0 saturated carbocycles. The number of hydrogen-bond donors (Lipinski definition) is 3. The van der Waals surface area contributed by atoms with Gasteiger partial charge in [0.05, 0.1) is 20.3 Å². The number of ether oxygens (including phenoxy) is 2. The maximum Gasteiger partial charge on any atom is 0.239 e. The molecule has 0 bridgehead atoms. The molecule has 22 heavy (non-hydrogen) atoms. The van der Waals surface area contributed by atoms with Gasteiger partial charge < -0.3 is 25.4 Å². The van der Waals surface area contributed by atoms with Gasteiger partial charge in [-0.2, -0.15) is 0 Å². The third-order valence-corrected chi connectivity index (χ3v) is 2.89. The zero-order valence-electron chi connectivity index (χ0n) is 13.3. The van der Waals surface area contributed by atoms with E-state index in [1.54, 1.807) is 21.3 Å². The number of amides is 1. The van der Waals surface area contributed by atoms with E-state index in [9.17, 15) is 4.79 Å². The van der Waals surface area contributed by atoms with Crippen molar-refractivity contribution in [2.75, 3.05) is 41.0 Å². The van der Waals surface area contributed by atoms with Gasteiger partial charge in [0.15, 0.2) is 5.96 Å². The average molecular weight is 308 g/mol. The Morgan fingerprint density at radius 2 is 1.86 bits per heavy atom. The van der Waals surface area contributed by atoms with Gasteiger partial charge >= 0.3 is 0 Å². The quantitative estimate of drug-likeness (QED) is 0.361. The van der Waals surface area contributed by atoms with Crippen LogP contribution in [0.4, 0.5) is 0 Å². The third kappa shape index (κ3) is 6.94. The van der Waals surface area contributed by atoms with Crippen molar-refractivity contribution in [3.8, 4) is 5.75 Å². The van der Waals surface area contributed by atoms with Crippen molar-refractivity contribution in [1.29, 1.82) is 0 Å². The molecule has 1 aromatic rings. The second kappa shape index (κ2) is 10.4. The molecular formula is C15H24N4O3. The minimum Gasteiger partial charge on any atom is -0.497 e. The van der Waals surface area contributed by atoms with Crippen molar-refractivity contribution in [3.63, 3.8) is 0 Å². The number of benzene rings is 1. The molecule has 0 aliphatic rings. The smallest absolute Gasteiger partial charge is 0.239 e. The van der Waals surface area contributed by atoms with Crippen molar-refractivity contribution in [2.45, 2.75) is 6.54 Å². The highest BCUT2D eigenvalue weighted by Gasteiger charge is 2.03. The first-order valence-electron chi connectivity index (χ1n) is 7.02. The Morgan fingerprint density at radius 1 is 1.14 bits per heavy atom. The summed E-state index contributed by atoms with van der Waals surface area (Å²) >= 11 is 0. The van der Waals surface area contributed by atoms with Crippen LogP contribution < -0.4 is 20.7 Å². The second-order valence-corrected chi connectivity index (χ2v) is 4.47. The molecule has 122 valence electrons. The lowest BCUT2D eigenvalue weighted by Crippen LogP contribution is -2.43. The van der Waals surface area contributed by atoms with E-state index in [1.807, 2.05) is 24.3 Å². The van der Waals surface area contributed by atoms with Crippen molar-refractivity contribution >= 4 is 11.9 Å². The lowest BCUT2D eigenvalue weighted by Gasteiger charge is -2.11. The summed E-state index contributed by atoms with van der Waals surface area (Å²) in [4.78, 5) is 15.8. The van der Waals surface area contributed by atoms with E-state index in [0.717, 1.165) is 11.3 Å². The van der Waals surface area contributed by atoms with Gasteiger partial charge in [-0.1, -0.05) is 12.1 Å². The monoisotopic (exact) mass is 308 g/mol. The Morgan fingerprint density at radius 3 is 2.45 bits per heavy atom. The molecule has 0 aliphatic carbocycles. The molecule has 0 fully saturated rings. The first kappa shape index (κ1) is 17.8. The van der Waals surface area contributed by atoms with Gasteiger partial charge in [0.25, 0.3) is 0 Å². The molecule has 0 saturated heterocycles. The van der Waals surface area contributed by atoms with Crippen LogP contribution in [0.5, 0.6) is 5.75 Å². The minimum atomic E-state index is -0.106. The van der Waals surface area contributed by atoms with Crippen LogP contribution in [0.2, 0.25) is 0 Å². The maximum atomic E-state index is 11.8. The Balaban J connectivity index is 2.27.